The number of nitrogens with zero attached hydrogens (tertiary/aromatic N) is 3. The van der Waals surface area contributed by atoms with E-state index < -0.39 is 0 Å². The molecule has 0 amide bonds. The minimum Gasteiger partial charge on any atom is -0.208 e. The van der Waals surface area contributed by atoms with Crippen LogP contribution in [-0.4, -0.2) is 15.0 Å². The lowest BCUT2D eigenvalue weighted by molar-refractivity contribution is 1.07. The average Bonchev–Trinajstić information content (AvgIpc) is 2.85. The minimum absolute atomic E-state index is 0.659. The van der Waals surface area contributed by atoms with Crippen LogP contribution in [0.3, 0.4) is 0 Å². The molecule has 0 N–H and O–H groups in total. The van der Waals surface area contributed by atoms with Crippen LogP contribution in [0.5, 0.6) is 0 Å². The summed E-state index contributed by atoms with van der Waals surface area (Å²) in [5, 5.41) is 0. The fourth-order valence-electron chi connectivity index (χ4n) is 3.49. The summed E-state index contributed by atoms with van der Waals surface area (Å²) in [7, 11) is 0. The molecule has 0 spiro atoms. The van der Waals surface area contributed by atoms with E-state index in [1.54, 1.807) is 0 Å². The molecule has 31 heavy (non-hydrogen) atoms. The van der Waals surface area contributed by atoms with Crippen molar-refractivity contribution in [3.8, 4) is 45.3 Å². The molecule has 5 rings (SSSR count). The largest absolute Gasteiger partial charge is 0.208 e. The fourth-order valence-corrected chi connectivity index (χ4v) is 3.75. The number of benzene rings is 4. The molecule has 0 aliphatic heterocycles. The lowest BCUT2D eigenvalue weighted by Gasteiger charge is -2.12. The van der Waals surface area contributed by atoms with Crippen LogP contribution in [0, 0.1) is 0 Å². The highest BCUT2D eigenvalue weighted by molar-refractivity contribution is 9.10. The van der Waals surface area contributed by atoms with Crippen LogP contribution in [0.1, 0.15) is 0 Å². The molecular weight excluding hydrogens is 446 g/mol. The van der Waals surface area contributed by atoms with E-state index in [1.807, 2.05) is 84.9 Å². The molecule has 5 aromatic rings. The Labute approximate surface area is 189 Å². The Kier molecular flexibility index (Phi) is 5.38. The third-order valence-corrected chi connectivity index (χ3v) is 5.55. The van der Waals surface area contributed by atoms with E-state index in [9.17, 15) is 0 Å². The van der Waals surface area contributed by atoms with Crippen molar-refractivity contribution in [3.63, 3.8) is 0 Å². The highest BCUT2D eigenvalue weighted by Gasteiger charge is 2.15. The second-order valence-corrected chi connectivity index (χ2v) is 8.01. The maximum atomic E-state index is 4.87. The quantitative estimate of drug-likeness (QED) is 0.280. The second kappa shape index (κ2) is 8.62. The van der Waals surface area contributed by atoms with Crippen LogP contribution < -0.4 is 0 Å². The van der Waals surface area contributed by atoms with Crippen LogP contribution in [0.15, 0.2) is 114 Å². The maximum absolute atomic E-state index is 4.87. The van der Waals surface area contributed by atoms with Crippen LogP contribution in [0.4, 0.5) is 0 Å². The van der Waals surface area contributed by atoms with E-state index in [-0.39, 0.29) is 0 Å². The summed E-state index contributed by atoms with van der Waals surface area (Å²) in [4.78, 5) is 14.5. The van der Waals surface area contributed by atoms with Gasteiger partial charge in [-0.1, -0.05) is 113 Å². The summed E-state index contributed by atoms with van der Waals surface area (Å²) in [6, 6.07) is 36.6. The molecule has 0 aliphatic rings. The van der Waals surface area contributed by atoms with Crippen molar-refractivity contribution in [1.82, 2.24) is 15.0 Å². The fraction of sp³-hybridized carbons (Fsp3) is 0. The van der Waals surface area contributed by atoms with Gasteiger partial charge in [-0.2, -0.15) is 0 Å². The van der Waals surface area contributed by atoms with E-state index >= 15 is 0 Å². The first-order chi connectivity index (χ1) is 15.3. The smallest absolute Gasteiger partial charge is 0.164 e. The molecule has 1 aromatic heterocycles. The molecule has 0 saturated carbocycles. The summed E-state index contributed by atoms with van der Waals surface area (Å²) >= 11 is 3.52. The Morgan fingerprint density at radius 1 is 0.387 bits per heavy atom. The molecular formula is C27H18BrN3. The van der Waals surface area contributed by atoms with Crippen LogP contribution >= 0.6 is 15.9 Å². The lowest BCUT2D eigenvalue weighted by Crippen LogP contribution is -2.01. The second-order valence-electron chi connectivity index (χ2n) is 7.09. The number of hydrogen-bond donors (Lipinski definition) is 0. The molecule has 148 valence electrons. The Morgan fingerprint density at radius 3 is 1.39 bits per heavy atom. The molecule has 1 heterocycles. The first kappa shape index (κ1) is 19.3. The standard InChI is InChI=1S/C27H18BrN3/c28-22-17-15-19(16-18-22)23-13-7-8-14-24(23)27-30-25(20-9-3-1-4-10-20)29-26(31-27)21-11-5-2-6-12-21/h1-18H. The Balaban J connectivity index is 1.72. The van der Waals surface area contributed by atoms with Gasteiger partial charge in [-0.25, -0.2) is 15.0 Å². The average molecular weight is 464 g/mol. The van der Waals surface area contributed by atoms with Gasteiger partial charge in [-0.3, -0.25) is 0 Å². The van der Waals surface area contributed by atoms with E-state index in [1.165, 1.54) is 0 Å². The Hall–Kier alpha value is -3.63. The number of hydrogen-bond acceptors (Lipinski definition) is 3. The van der Waals surface area contributed by atoms with Crippen molar-refractivity contribution in [3.05, 3.63) is 114 Å². The maximum Gasteiger partial charge on any atom is 0.164 e. The number of aromatic nitrogens is 3. The summed E-state index contributed by atoms with van der Waals surface area (Å²) in [5.41, 5.74) is 5.09. The summed E-state index contributed by atoms with van der Waals surface area (Å²) in [6.07, 6.45) is 0. The van der Waals surface area contributed by atoms with Crippen LogP contribution in [0.25, 0.3) is 45.3 Å². The van der Waals surface area contributed by atoms with Crippen molar-refractivity contribution in [2.75, 3.05) is 0 Å². The van der Waals surface area contributed by atoms with E-state index in [0.717, 1.165) is 32.3 Å². The van der Waals surface area contributed by atoms with Gasteiger partial charge in [-0.05, 0) is 23.3 Å². The van der Waals surface area contributed by atoms with Gasteiger partial charge in [0.05, 0.1) is 0 Å². The lowest BCUT2D eigenvalue weighted by atomic mass is 9.99. The zero-order valence-corrected chi connectivity index (χ0v) is 18.2. The molecule has 0 bridgehead atoms. The van der Waals surface area contributed by atoms with Gasteiger partial charge in [0.15, 0.2) is 17.5 Å². The first-order valence-electron chi connectivity index (χ1n) is 10.0. The molecule has 0 atom stereocenters. The van der Waals surface area contributed by atoms with Crippen LogP contribution in [-0.2, 0) is 0 Å². The Morgan fingerprint density at radius 2 is 0.839 bits per heavy atom. The normalized spacial score (nSPS) is 10.7. The highest BCUT2D eigenvalue weighted by atomic mass is 79.9. The van der Waals surface area contributed by atoms with Crippen molar-refractivity contribution >= 4 is 15.9 Å². The summed E-state index contributed by atoms with van der Waals surface area (Å²) in [6.45, 7) is 0. The predicted molar refractivity (Wildman–Crippen MR) is 129 cm³/mol. The monoisotopic (exact) mass is 463 g/mol. The molecule has 4 heteroatoms. The van der Waals surface area contributed by atoms with Gasteiger partial charge in [0.25, 0.3) is 0 Å². The highest BCUT2D eigenvalue weighted by Crippen LogP contribution is 2.32. The first-order valence-corrected chi connectivity index (χ1v) is 10.8. The van der Waals surface area contributed by atoms with Crippen molar-refractivity contribution < 1.29 is 0 Å². The zero-order valence-electron chi connectivity index (χ0n) is 16.6. The molecule has 0 unspecified atom stereocenters. The van der Waals surface area contributed by atoms with Gasteiger partial charge in [0.2, 0.25) is 0 Å². The minimum atomic E-state index is 0.659. The number of rotatable bonds is 4. The molecule has 0 fully saturated rings. The SMILES string of the molecule is Brc1ccc(-c2ccccc2-c2nc(-c3ccccc3)nc(-c3ccccc3)n2)cc1. The molecule has 0 aliphatic carbocycles. The molecule has 3 nitrogen and oxygen atoms in total. The van der Waals surface area contributed by atoms with Gasteiger partial charge in [-0.15, -0.1) is 0 Å². The number of halogens is 1. The summed E-state index contributed by atoms with van der Waals surface area (Å²) in [5.74, 6) is 1.98. The van der Waals surface area contributed by atoms with E-state index in [0.29, 0.717) is 17.5 Å². The van der Waals surface area contributed by atoms with Crippen molar-refractivity contribution in [2.24, 2.45) is 0 Å². The topological polar surface area (TPSA) is 38.7 Å². The van der Waals surface area contributed by atoms with Gasteiger partial charge in [0, 0.05) is 21.2 Å². The Bertz CT molecular complexity index is 1260. The molecule has 4 aromatic carbocycles. The molecule has 0 radical (unpaired) electrons. The van der Waals surface area contributed by atoms with Gasteiger partial charge in [0.1, 0.15) is 0 Å². The third-order valence-electron chi connectivity index (χ3n) is 5.02. The van der Waals surface area contributed by atoms with E-state index in [4.69, 9.17) is 15.0 Å². The van der Waals surface area contributed by atoms with Crippen molar-refractivity contribution in [2.45, 2.75) is 0 Å². The van der Waals surface area contributed by atoms with Gasteiger partial charge < -0.3 is 0 Å². The third kappa shape index (κ3) is 4.16. The van der Waals surface area contributed by atoms with Crippen LogP contribution in [0.2, 0.25) is 0 Å². The predicted octanol–water partition coefficient (Wildman–Crippen LogP) is 7.30. The zero-order chi connectivity index (χ0) is 21.0. The molecule has 0 saturated heterocycles. The van der Waals surface area contributed by atoms with Gasteiger partial charge >= 0.3 is 0 Å². The summed E-state index contributed by atoms with van der Waals surface area (Å²) < 4.78 is 1.05. The van der Waals surface area contributed by atoms with E-state index in [2.05, 4.69) is 40.2 Å². The van der Waals surface area contributed by atoms with Crippen molar-refractivity contribution in [1.29, 1.82) is 0 Å².